The van der Waals surface area contributed by atoms with Gasteiger partial charge in [-0.05, 0) is 55.3 Å². The van der Waals surface area contributed by atoms with E-state index in [1.807, 2.05) is 0 Å². The molecular formula is C19H31NO. The third-order valence-corrected chi connectivity index (χ3v) is 5.05. The maximum Gasteiger partial charge on any atom is 0.118 e. The van der Waals surface area contributed by atoms with Crippen LogP contribution in [0.15, 0.2) is 24.3 Å². The molecule has 0 saturated heterocycles. The van der Waals surface area contributed by atoms with Gasteiger partial charge >= 0.3 is 0 Å². The molecule has 0 aromatic heterocycles. The van der Waals surface area contributed by atoms with E-state index in [9.17, 15) is 0 Å². The van der Waals surface area contributed by atoms with E-state index < -0.39 is 0 Å². The molecule has 1 aromatic rings. The molecule has 2 nitrogen and oxygen atoms in total. The molecule has 0 radical (unpaired) electrons. The lowest BCUT2D eigenvalue weighted by Crippen LogP contribution is -2.40. The van der Waals surface area contributed by atoms with E-state index in [4.69, 9.17) is 4.74 Å². The Hall–Kier alpha value is -1.02. The normalized spacial score (nSPS) is 23.8. The Balaban J connectivity index is 2.00. The first-order valence-corrected chi connectivity index (χ1v) is 8.63. The molecule has 1 saturated carbocycles. The Kier molecular flexibility index (Phi) is 6.56. The number of ether oxygens (including phenoxy) is 1. The molecule has 0 bridgehead atoms. The van der Waals surface area contributed by atoms with Crippen LogP contribution in [0.3, 0.4) is 0 Å². The summed E-state index contributed by atoms with van der Waals surface area (Å²) >= 11 is 0. The highest BCUT2D eigenvalue weighted by molar-refractivity contribution is 5.27. The van der Waals surface area contributed by atoms with Crippen LogP contribution < -0.4 is 10.1 Å². The summed E-state index contributed by atoms with van der Waals surface area (Å²) in [5, 5.41) is 3.74. The molecule has 1 aliphatic carbocycles. The summed E-state index contributed by atoms with van der Waals surface area (Å²) in [7, 11) is 1.73. The summed E-state index contributed by atoms with van der Waals surface area (Å²) in [6.07, 6.45) is 8.13. The largest absolute Gasteiger partial charge is 0.497 e. The Bertz CT molecular complexity index is 401. The second-order valence-electron chi connectivity index (χ2n) is 6.42. The summed E-state index contributed by atoms with van der Waals surface area (Å²) in [5.41, 5.74) is 1.42. The third-order valence-electron chi connectivity index (χ3n) is 5.05. The molecule has 1 N–H and O–H groups in total. The van der Waals surface area contributed by atoms with Crippen molar-refractivity contribution in [1.82, 2.24) is 5.32 Å². The lowest BCUT2D eigenvalue weighted by molar-refractivity contribution is 0.208. The monoisotopic (exact) mass is 289 g/mol. The van der Waals surface area contributed by atoms with Crippen LogP contribution in [0.5, 0.6) is 5.75 Å². The summed E-state index contributed by atoms with van der Waals surface area (Å²) in [5.74, 6) is 2.73. The first kappa shape index (κ1) is 16.4. The van der Waals surface area contributed by atoms with Crippen molar-refractivity contribution in [3.63, 3.8) is 0 Å². The average molecular weight is 289 g/mol. The van der Waals surface area contributed by atoms with Crippen LogP contribution in [-0.2, 0) is 6.42 Å². The van der Waals surface area contributed by atoms with Crippen LogP contribution in [0.4, 0.5) is 0 Å². The molecule has 0 heterocycles. The zero-order valence-electron chi connectivity index (χ0n) is 13.9. The van der Waals surface area contributed by atoms with Crippen LogP contribution in [0.25, 0.3) is 0 Å². The standard InChI is InChI=1S/C19H31NO/c1-4-15-7-6-8-17(13-15)19(20-5-2)14-16-9-11-18(21-3)12-10-16/h9-12,15,17,19-20H,4-8,13-14H2,1-3H3. The van der Waals surface area contributed by atoms with E-state index in [1.165, 1.54) is 37.7 Å². The lowest BCUT2D eigenvalue weighted by atomic mass is 9.75. The number of benzene rings is 1. The number of hydrogen-bond acceptors (Lipinski definition) is 2. The van der Waals surface area contributed by atoms with E-state index in [-0.39, 0.29) is 0 Å². The zero-order chi connectivity index (χ0) is 15.1. The van der Waals surface area contributed by atoms with Gasteiger partial charge in [-0.25, -0.2) is 0 Å². The molecule has 0 spiro atoms. The minimum atomic E-state index is 0.623. The smallest absolute Gasteiger partial charge is 0.118 e. The van der Waals surface area contributed by atoms with Gasteiger partial charge in [0.1, 0.15) is 5.75 Å². The maximum atomic E-state index is 5.25. The van der Waals surface area contributed by atoms with E-state index in [0.717, 1.165) is 30.6 Å². The molecule has 0 amide bonds. The summed E-state index contributed by atoms with van der Waals surface area (Å²) in [4.78, 5) is 0. The fourth-order valence-electron chi connectivity index (χ4n) is 3.75. The quantitative estimate of drug-likeness (QED) is 0.801. The van der Waals surface area contributed by atoms with Gasteiger partial charge in [0.2, 0.25) is 0 Å². The second-order valence-corrected chi connectivity index (χ2v) is 6.42. The average Bonchev–Trinajstić information content (AvgIpc) is 2.55. The van der Waals surface area contributed by atoms with Gasteiger partial charge in [-0.2, -0.15) is 0 Å². The first-order valence-electron chi connectivity index (χ1n) is 8.63. The lowest BCUT2D eigenvalue weighted by Gasteiger charge is -2.35. The van der Waals surface area contributed by atoms with Crippen molar-refractivity contribution in [2.75, 3.05) is 13.7 Å². The van der Waals surface area contributed by atoms with Crippen molar-refractivity contribution >= 4 is 0 Å². The van der Waals surface area contributed by atoms with Crippen molar-refractivity contribution < 1.29 is 4.74 Å². The van der Waals surface area contributed by atoms with Gasteiger partial charge in [-0.1, -0.05) is 45.2 Å². The number of hydrogen-bond donors (Lipinski definition) is 1. The van der Waals surface area contributed by atoms with Crippen molar-refractivity contribution in [3.8, 4) is 5.75 Å². The van der Waals surface area contributed by atoms with Gasteiger partial charge < -0.3 is 10.1 Å². The Labute approximate surface area is 130 Å². The van der Waals surface area contributed by atoms with Gasteiger partial charge in [0, 0.05) is 6.04 Å². The molecule has 118 valence electrons. The number of rotatable bonds is 7. The minimum absolute atomic E-state index is 0.623. The second kappa shape index (κ2) is 8.43. The highest BCUT2D eigenvalue weighted by Gasteiger charge is 2.27. The summed E-state index contributed by atoms with van der Waals surface area (Å²) in [6, 6.07) is 9.20. The Morgan fingerprint density at radius 3 is 2.57 bits per heavy atom. The van der Waals surface area contributed by atoms with E-state index in [2.05, 4.69) is 43.4 Å². The molecule has 2 heteroatoms. The van der Waals surface area contributed by atoms with Crippen LogP contribution >= 0.6 is 0 Å². The molecule has 1 aliphatic rings. The SMILES string of the molecule is CCNC(Cc1ccc(OC)cc1)C1CCCC(CC)C1. The van der Waals surface area contributed by atoms with Gasteiger partial charge in [-0.3, -0.25) is 0 Å². The van der Waals surface area contributed by atoms with E-state index >= 15 is 0 Å². The fraction of sp³-hybridized carbons (Fsp3) is 0.684. The fourth-order valence-corrected chi connectivity index (χ4v) is 3.75. The van der Waals surface area contributed by atoms with Crippen LogP contribution in [0.1, 0.15) is 51.5 Å². The first-order chi connectivity index (χ1) is 10.3. The number of nitrogens with one attached hydrogen (secondary N) is 1. The number of methoxy groups -OCH3 is 1. The van der Waals surface area contributed by atoms with Crippen molar-refractivity contribution in [1.29, 1.82) is 0 Å². The third kappa shape index (κ3) is 4.74. The van der Waals surface area contributed by atoms with Crippen LogP contribution in [0, 0.1) is 11.8 Å². The predicted octanol–water partition coefficient (Wildman–Crippen LogP) is 4.43. The zero-order valence-corrected chi connectivity index (χ0v) is 13.9. The summed E-state index contributed by atoms with van der Waals surface area (Å²) in [6.45, 7) is 5.63. The van der Waals surface area contributed by atoms with E-state index in [0.29, 0.717) is 6.04 Å². The Morgan fingerprint density at radius 1 is 1.19 bits per heavy atom. The van der Waals surface area contributed by atoms with Gasteiger partial charge in [0.25, 0.3) is 0 Å². The molecule has 21 heavy (non-hydrogen) atoms. The molecule has 2 rings (SSSR count). The molecule has 1 aromatic carbocycles. The molecular weight excluding hydrogens is 258 g/mol. The van der Waals surface area contributed by atoms with Crippen molar-refractivity contribution in [2.24, 2.45) is 11.8 Å². The molecule has 3 atom stereocenters. The minimum Gasteiger partial charge on any atom is -0.497 e. The van der Waals surface area contributed by atoms with Gasteiger partial charge in [0.15, 0.2) is 0 Å². The van der Waals surface area contributed by atoms with E-state index in [1.54, 1.807) is 7.11 Å². The maximum absolute atomic E-state index is 5.25. The van der Waals surface area contributed by atoms with Gasteiger partial charge in [0.05, 0.1) is 7.11 Å². The van der Waals surface area contributed by atoms with Crippen LogP contribution in [0.2, 0.25) is 0 Å². The topological polar surface area (TPSA) is 21.3 Å². The molecule has 3 unspecified atom stereocenters. The number of likely N-dealkylation sites (N-methyl/N-ethyl adjacent to an activating group) is 1. The highest BCUT2D eigenvalue weighted by Crippen LogP contribution is 2.34. The highest BCUT2D eigenvalue weighted by atomic mass is 16.5. The predicted molar refractivity (Wildman–Crippen MR) is 89.9 cm³/mol. The van der Waals surface area contributed by atoms with Crippen molar-refractivity contribution in [3.05, 3.63) is 29.8 Å². The Morgan fingerprint density at radius 2 is 1.95 bits per heavy atom. The molecule has 1 fully saturated rings. The molecule has 0 aliphatic heterocycles. The summed E-state index contributed by atoms with van der Waals surface area (Å²) < 4.78 is 5.25. The van der Waals surface area contributed by atoms with Crippen LogP contribution in [-0.4, -0.2) is 19.7 Å². The van der Waals surface area contributed by atoms with Gasteiger partial charge in [-0.15, -0.1) is 0 Å². The van der Waals surface area contributed by atoms with Crippen molar-refractivity contribution in [2.45, 2.75) is 58.4 Å².